The molecule has 39 heteroatoms. The van der Waals surface area contributed by atoms with Gasteiger partial charge in [-0.15, -0.1) is 0 Å². The number of phenolic OH excluding ortho intramolecular Hbond substituents is 10. The predicted octanol–water partition coefficient (Wildman–Crippen LogP) is 12.6. The Labute approximate surface area is 819 Å². The second kappa shape index (κ2) is 44.1. The van der Waals surface area contributed by atoms with Crippen molar-refractivity contribution in [3.05, 3.63) is 334 Å². The zero-order valence-corrected chi connectivity index (χ0v) is 76.8. The van der Waals surface area contributed by atoms with Crippen LogP contribution in [0.15, 0.2) is 328 Å². The van der Waals surface area contributed by atoms with Crippen molar-refractivity contribution in [2.24, 2.45) is 0 Å². The summed E-state index contributed by atoms with van der Waals surface area (Å²) in [5, 5.41) is 159. The van der Waals surface area contributed by atoms with Gasteiger partial charge >= 0.3 is 11.9 Å². The lowest BCUT2D eigenvalue weighted by molar-refractivity contribution is -0.272. The van der Waals surface area contributed by atoms with Gasteiger partial charge in [0.15, 0.2) is 79.3 Å². The molecule has 10 atom stereocenters. The van der Waals surface area contributed by atoms with E-state index in [1.807, 2.05) is 91.0 Å². The first-order valence-corrected chi connectivity index (χ1v) is 43.6. The molecule has 0 spiro atoms. The predicted molar refractivity (Wildman–Crippen MR) is 522 cm³/mol. The van der Waals surface area contributed by atoms with Gasteiger partial charge in [-0.25, -0.2) is 9.59 Å². The van der Waals surface area contributed by atoms with E-state index >= 15 is 0 Å². The van der Waals surface area contributed by atoms with Crippen LogP contribution in [0.3, 0.4) is 0 Å². The summed E-state index contributed by atoms with van der Waals surface area (Å²) >= 11 is 0. The Bertz CT molecular complexity index is 8260. The summed E-state index contributed by atoms with van der Waals surface area (Å²) in [7, 11) is 6.11. The maximum atomic E-state index is 12.8. The van der Waals surface area contributed by atoms with E-state index in [9.17, 15) is 120 Å². The molecule has 6 aromatic heterocycles. The third kappa shape index (κ3) is 21.7. The number of phenols is 10. The molecule has 16 N–H and O–H groups in total. The molecule has 748 valence electrons. The first kappa shape index (κ1) is 102. The van der Waals surface area contributed by atoms with Crippen LogP contribution < -0.4 is 56.3 Å². The van der Waals surface area contributed by atoms with Gasteiger partial charge in [0.05, 0.1) is 35.5 Å². The lowest BCUT2D eigenvalue weighted by atomic mass is 9.99. The summed E-state index contributed by atoms with van der Waals surface area (Å²) < 4.78 is 79.9. The van der Waals surface area contributed by atoms with Crippen molar-refractivity contribution >= 4 is 77.8 Å². The number of carbonyl (C=O) groups excluding carboxylic acids is 2. The van der Waals surface area contributed by atoms with Crippen LogP contribution in [0.1, 0.15) is 0 Å². The highest BCUT2D eigenvalue weighted by atomic mass is 16.7. The van der Waals surface area contributed by atoms with Gasteiger partial charge in [0.25, 0.3) is 0 Å². The molecule has 2 aliphatic heterocycles. The molecule has 39 nitrogen and oxygen atoms in total. The van der Waals surface area contributed by atoms with E-state index in [0.29, 0.717) is 51.1 Å². The van der Waals surface area contributed by atoms with Crippen LogP contribution in [-0.4, -0.2) is 191 Å². The van der Waals surface area contributed by atoms with Crippen molar-refractivity contribution in [3.8, 4) is 154 Å². The van der Waals surface area contributed by atoms with E-state index in [2.05, 4.69) is 9.47 Å². The van der Waals surface area contributed by atoms with Crippen molar-refractivity contribution < 1.29 is 160 Å². The van der Waals surface area contributed by atoms with E-state index in [1.54, 1.807) is 97.1 Å². The third-order valence-corrected chi connectivity index (χ3v) is 22.6. The Morgan fingerprint density at radius 2 is 0.534 bits per heavy atom. The Hall–Kier alpha value is -18.5. The summed E-state index contributed by atoms with van der Waals surface area (Å²) in [6, 6.07) is 73.3. The zero-order valence-electron chi connectivity index (χ0n) is 76.8. The third-order valence-electron chi connectivity index (χ3n) is 22.6. The molecule has 0 saturated carbocycles. The zero-order chi connectivity index (χ0) is 104. The molecule has 0 radical (unpaired) electrons. The molecule has 10 unspecified atom stereocenters. The smallest absolute Gasteiger partial charge is 0.337 e. The lowest BCUT2D eigenvalue weighted by Gasteiger charge is -2.38. The number of esters is 2. The molecule has 2 fully saturated rings. The van der Waals surface area contributed by atoms with Crippen molar-refractivity contribution in [1.29, 1.82) is 0 Å². The van der Waals surface area contributed by atoms with Gasteiger partial charge < -0.3 is 151 Å². The quantitative estimate of drug-likeness (QED) is 0.0335. The summed E-state index contributed by atoms with van der Waals surface area (Å²) in [5.74, 6) is -4.59. The average Bonchev–Trinajstić information content (AvgIpc) is 0.819. The maximum absolute atomic E-state index is 12.8. The number of aliphatic hydroxyl groups excluding tert-OH is 6. The molecule has 0 amide bonds. The minimum atomic E-state index is -1.81. The van der Waals surface area contributed by atoms with Crippen LogP contribution in [0, 0.1) is 0 Å². The van der Waals surface area contributed by atoms with Crippen LogP contribution in [0.2, 0.25) is 0 Å². The molecule has 146 heavy (non-hydrogen) atoms. The second-order valence-electron chi connectivity index (χ2n) is 32.0. The van der Waals surface area contributed by atoms with Gasteiger partial charge in [0, 0.05) is 124 Å². The lowest BCUT2D eigenvalue weighted by Crippen LogP contribution is -2.61. The molecule has 2 aliphatic rings. The van der Waals surface area contributed by atoms with Crippen LogP contribution in [-0.2, 0) is 28.5 Å². The first-order valence-electron chi connectivity index (χ1n) is 43.6. The van der Waals surface area contributed by atoms with Gasteiger partial charge in [-0.1, -0.05) is 182 Å². The number of benzene rings is 12. The summed E-state index contributed by atoms with van der Waals surface area (Å²) in [6.07, 6.45) is -17.2. The van der Waals surface area contributed by atoms with Crippen molar-refractivity contribution in [2.45, 2.75) is 61.4 Å². The summed E-state index contributed by atoms with van der Waals surface area (Å²) in [6.45, 7) is 0. The van der Waals surface area contributed by atoms with E-state index in [1.165, 1.54) is 88.1 Å². The maximum Gasteiger partial charge on any atom is 0.337 e. The van der Waals surface area contributed by atoms with Gasteiger partial charge in [0.1, 0.15) is 171 Å². The topological polar surface area (TPSA) is 622 Å². The molecule has 12 aromatic carbocycles. The normalized spacial score (nSPS) is 17.2. The van der Waals surface area contributed by atoms with E-state index < -0.39 is 130 Å². The Morgan fingerprint density at radius 3 is 0.870 bits per heavy atom. The van der Waals surface area contributed by atoms with Crippen molar-refractivity contribution in [1.82, 2.24) is 0 Å². The molecule has 8 heterocycles. The number of fused-ring (bicyclic) bond motifs is 6. The molecule has 20 rings (SSSR count). The highest BCUT2D eigenvalue weighted by Gasteiger charge is 2.50. The van der Waals surface area contributed by atoms with Crippen molar-refractivity contribution in [3.63, 3.8) is 0 Å². The van der Waals surface area contributed by atoms with Gasteiger partial charge in [-0.2, -0.15) is 0 Å². The molecule has 18 aromatic rings. The largest absolute Gasteiger partial charge is 0.508 e. The fourth-order valence-corrected chi connectivity index (χ4v) is 15.5. The van der Waals surface area contributed by atoms with Gasteiger partial charge in [-0.3, -0.25) is 28.8 Å². The van der Waals surface area contributed by atoms with E-state index in [-0.39, 0.29) is 129 Å². The second-order valence-corrected chi connectivity index (χ2v) is 32.0. The monoisotopic (exact) mass is 1990 g/mol. The minimum absolute atomic E-state index is 0.00162. The molecular formula is C107H86O39. The van der Waals surface area contributed by atoms with Crippen LogP contribution in [0.4, 0.5) is 0 Å². The highest BCUT2D eigenvalue weighted by Crippen LogP contribution is 2.47. The number of hydrogen-bond acceptors (Lipinski definition) is 39. The number of rotatable bonds is 15. The number of carbonyl (C=O) groups is 2. The number of aliphatic hydroxyl groups is 6. The molecular weight excluding hydrogens is 1910 g/mol. The van der Waals surface area contributed by atoms with E-state index in [0.717, 1.165) is 49.1 Å². The number of methoxy groups -OCH3 is 5. The Morgan fingerprint density at radius 1 is 0.253 bits per heavy atom. The van der Waals surface area contributed by atoms with Crippen LogP contribution in [0.5, 0.6) is 86.2 Å². The summed E-state index contributed by atoms with van der Waals surface area (Å²) in [5.41, 5.74) is 2.16. The fraction of sp³-hybridized carbons (Fsp3) is 0.140. The van der Waals surface area contributed by atoms with E-state index in [4.69, 9.17) is 59.7 Å². The minimum Gasteiger partial charge on any atom is -0.508 e. The first-order chi connectivity index (χ1) is 70.1. The molecule has 0 bridgehead atoms. The molecule has 0 aliphatic carbocycles. The number of aromatic hydroxyl groups is 10. The standard InChI is InChI=1S/C23H22O11.C22H20O10.C16H12O5.C16H12O4.C15H10O5.C15H10O4/c1-30-20-14(33-23-19(28)17(26)18(27)21(34-23)22(29)31-2)9-13-15(16(20)25)11(24)8-12(32-13)10-6-4-3-5-7-10;1-29-21(28)20-18(26)17(25)19(27)22(32-20)30-11-7-12(23)16-13(24)9-14(31-15(16)8-11)10-5-3-2-4-6-10;1-20-16-11(18)8-13-14(15(16)19)10(17)7-12(21-13)9-5-3-2-4-6-9;1-19-11-7-12(17)16-13(18)9-14(20-15(16)8-11)10-5-3-2-4-6-10;16-9-6-11(8-4-2-1-3-5-8)20-12-7-10(17)14(18)15(19)13(9)12;16-10-6-11(17)15-12(18)8-13(19-14(15)7-10)9-4-2-1-3-5-9/h3-9,17-19,21,23,25-28H,1-2H3;2-9,17-20,22-23,25-27H,1H3;2-8,18-19H,1H3;2-9,17H,1H3;1-7,17-19H;1-8,16-17H. The molecule has 2 saturated heterocycles. The Kier molecular flexibility index (Phi) is 30.8. The Balaban J connectivity index is 0.000000134. The number of ether oxygens (including phenoxy) is 9. The van der Waals surface area contributed by atoms with Gasteiger partial charge in [-0.05, 0) is 0 Å². The van der Waals surface area contributed by atoms with Crippen LogP contribution in [0.25, 0.3) is 134 Å². The van der Waals surface area contributed by atoms with Crippen molar-refractivity contribution in [2.75, 3.05) is 35.5 Å². The SMILES string of the molecule is COC(=O)C1OC(Oc2cc(O)c3c(=O)cc(-c4ccccc4)oc3c2)C(O)C(O)C1O.COC(=O)C1OC(Oc2cc3oc(-c4ccccc4)cc(=O)c3c(O)c2OC)C(O)C(O)C1O.COc1c(O)cc2oc(-c3ccccc3)cc(=O)c2c1O.COc1cc(O)c2c(=O)cc(-c3ccccc3)oc2c1.O=c1cc(-c2ccccc2)oc2cc(O)c(O)c(O)c12.O=c1cc(-c2ccccc2)oc2cc(O)cc(O)c12. The highest BCUT2D eigenvalue weighted by molar-refractivity contribution is 5.94. The van der Waals surface area contributed by atoms with Gasteiger partial charge in [0.2, 0.25) is 29.8 Å². The summed E-state index contributed by atoms with van der Waals surface area (Å²) in [4.78, 5) is 97.4. The number of hydrogen-bond donors (Lipinski definition) is 16. The fourth-order valence-electron chi connectivity index (χ4n) is 15.5. The average molecular weight is 2000 g/mol. The van der Waals surface area contributed by atoms with Crippen LogP contribution >= 0.6 is 0 Å².